The summed E-state index contributed by atoms with van der Waals surface area (Å²) in [6.45, 7) is 4.76. The molecule has 0 aliphatic carbocycles. The maximum atomic E-state index is 11.9. The molecule has 0 N–H and O–H groups in total. The van der Waals surface area contributed by atoms with Crippen molar-refractivity contribution in [3.63, 3.8) is 0 Å². The quantitative estimate of drug-likeness (QED) is 0.837. The van der Waals surface area contributed by atoms with E-state index >= 15 is 0 Å². The summed E-state index contributed by atoms with van der Waals surface area (Å²) in [6.07, 6.45) is 5.69. The Labute approximate surface area is 119 Å². The van der Waals surface area contributed by atoms with Gasteiger partial charge in [0.2, 0.25) is 11.8 Å². The third-order valence-electron chi connectivity index (χ3n) is 4.14. The number of likely N-dealkylation sites (tertiary alicyclic amines) is 1. The van der Waals surface area contributed by atoms with Crippen molar-refractivity contribution in [1.82, 2.24) is 15.1 Å². The van der Waals surface area contributed by atoms with Crippen LogP contribution in [0.15, 0.2) is 4.42 Å². The monoisotopic (exact) mass is 278 g/mol. The fraction of sp³-hybridized carbons (Fsp3) is 0.786. The van der Waals surface area contributed by atoms with Gasteiger partial charge in [-0.3, -0.25) is 4.79 Å². The molecule has 1 aromatic heterocycles. The Balaban J connectivity index is 1.66. The number of aryl methyl sites for hydroxylation is 1. The maximum absolute atomic E-state index is 11.9. The van der Waals surface area contributed by atoms with Gasteiger partial charge in [0.1, 0.15) is 0 Å². The van der Waals surface area contributed by atoms with Crippen molar-refractivity contribution < 1.29 is 9.21 Å². The first-order chi connectivity index (χ1) is 9.78. The van der Waals surface area contributed by atoms with Crippen molar-refractivity contribution in [2.24, 2.45) is 0 Å². The highest BCUT2D eigenvalue weighted by atomic mass is 16.4. The molecular weight excluding hydrogens is 256 g/mol. The molecule has 2 saturated heterocycles. The van der Waals surface area contributed by atoms with Crippen molar-refractivity contribution in [2.75, 3.05) is 24.5 Å². The topological polar surface area (TPSA) is 62.5 Å². The summed E-state index contributed by atoms with van der Waals surface area (Å²) in [5.41, 5.74) is 0. The van der Waals surface area contributed by atoms with Crippen LogP contribution in [0.5, 0.6) is 0 Å². The summed E-state index contributed by atoms with van der Waals surface area (Å²) >= 11 is 0. The molecule has 0 saturated carbocycles. The predicted octanol–water partition coefficient (Wildman–Crippen LogP) is 1.61. The highest BCUT2D eigenvalue weighted by Gasteiger charge is 2.32. The van der Waals surface area contributed by atoms with Gasteiger partial charge in [-0.1, -0.05) is 12.0 Å². The number of rotatable bonds is 4. The van der Waals surface area contributed by atoms with Gasteiger partial charge in [-0.05, 0) is 25.7 Å². The average molecular weight is 278 g/mol. The van der Waals surface area contributed by atoms with Gasteiger partial charge in [-0.15, -0.1) is 5.10 Å². The molecule has 20 heavy (non-hydrogen) atoms. The Morgan fingerprint density at radius 2 is 2.20 bits per heavy atom. The number of carbonyl (C=O) groups is 1. The van der Waals surface area contributed by atoms with Crippen LogP contribution in [0.25, 0.3) is 0 Å². The lowest BCUT2D eigenvalue weighted by atomic mass is 10.0. The number of hydrogen-bond donors (Lipinski definition) is 0. The van der Waals surface area contributed by atoms with Crippen LogP contribution >= 0.6 is 0 Å². The predicted molar refractivity (Wildman–Crippen MR) is 74.5 cm³/mol. The summed E-state index contributed by atoms with van der Waals surface area (Å²) < 4.78 is 5.70. The van der Waals surface area contributed by atoms with E-state index in [1.165, 1.54) is 0 Å². The van der Waals surface area contributed by atoms with E-state index in [2.05, 4.69) is 22.0 Å². The maximum Gasteiger partial charge on any atom is 0.318 e. The van der Waals surface area contributed by atoms with Crippen molar-refractivity contribution >= 4 is 11.9 Å². The van der Waals surface area contributed by atoms with E-state index in [9.17, 15) is 4.79 Å². The average Bonchev–Trinajstić information content (AvgIpc) is 3.08. The number of anilines is 1. The minimum atomic E-state index is 0.300. The smallest absolute Gasteiger partial charge is 0.318 e. The highest BCUT2D eigenvalue weighted by molar-refractivity contribution is 5.78. The number of carbonyl (C=O) groups excluding carboxylic acids is 1. The molecule has 110 valence electrons. The third kappa shape index (κ3) is 2.64. The number of nitrogens with zero attached hydrogens (tertiary/aromatic N) is 4. The molecule has 0 unspecified atom stereocenters. The van der Waals surface area contributed by atoms with Gasteiger partial charge >= 0.3 is 6.01 Å². The number of hydrogen-bond acceptors (Lipinski definition) is 5. The first-order valence-electron chi connectivity index (χ1n) is 7.64. The molecule has 2 aliphatic rings. The van der Waals surface area contributed by atoms with Crippen molar-refractivity contribution in [3.05, 3.63) is 5.89 Å². The summed E-state index contributed by atoms with van der Waals surface area (Å²) in [4.78, 5) is 16.0. The first kappa shape index (κ1) is 13.4. The van der Waals surface area contributed by atoms with Gasteiger partial charge < -0.3 is 14.2 Å². The summed E-state index contributed by atoms with van der Waals surface area (Å²) in [7, 11) is 0. The molecule has 1 amide bonds. The van der Waals surface area contributed by atoms with Crippen LogP contribution in [0.2, 0.25) is 0 Å². The molecule has 0 bridgehead atoms. The zero-order valence-corrected chi connectivity index (χ0v) is 12.0. The minimum absolute atomic E-state index is 0.300. The van der Waals surface area contributed by atoms with Gasteiger partial charge in [0.05, 0.1) is 0 Å². The van der Waals surface area contributed by atoms with Crippen LogP contribution in [0.1, 0.15) is 44.9 Å². The lowest BCUT2D eigenvalue weighted by molar-refractivity contribution is -0.129. The summed E-state index contributed by atoms with van der Waals surface area (Å²) in [5, 5.41) is 8.22. The second kappa shape index (κ2) is 5.81. The molecular formula is C14H22N4O2. The lowest BCUT2D eigenvalue weighted by Crippen LogP contribution is -2.48. The first-order valence-corrected chi connectivity index (χ1v) is 7.64. The van der Waals surface area contributed by atoms with Crippen molar-refractivity contribution in [1.29, 1.82) is 0 Å². The van der Waals surface area contributed by atoms with E-state index in [-0.39, 0.29) is 0 Å². The van der Waals surface area contributed by atoms with Crippen LogP contribution in [0, 0.1) is 0 Å². The molecule has 2 fully saturated rings. The SMILES string of the molecule is CCCc1nnc(N2CCC[C@H](N3CCCC3=O)C2)o1. The number of aromatic nitrogens is 2. The van der Waals surface area contributed by atoms with E-state index in [1.54, 1.807) is 0 Å². The van der Waals surface area contributed by atoms with E-state index < -0.39 is 0 Å². The zero-order valence-electron chi connectivity index (χ0n) is 12.0. The lowest BCUT2D eigenvalue weighted by Gasteiger charge is -2.36. The van der Waals surface area contributed by atoms with Gasteiger partial charge in [0.15, 0.2) is 0 Å². The minimum Gasteiger partial charge on any atom is -0.408 e. The Morgan fingerprint density at radius 1 is 1.30 bits per heavy atom. The van der Waals surface area contributed by atoms with Gasteiger partial charge in [-0.2, -0.15) is 0 Å². The van der Waals surface area contributed by atoms with Gasteiger partial charge in [0, 0.05) is 38.5 Å². The van der Waals surface area contributed by atoms with Gasteiger partial charge in [0.25, 0.3) is 0 Å². The van der Waals surface area contributed by atoms with E-state index in [4.69, 9.17) is 4.42 Å². The molecule has 0 aromatic carbocycles. The molecule has 1 atom stereocenters. The second-order valence-corrected chi connectivity index (χ2v) is 5.66. The van der Waals surface area contributed by atoms with E-state index in [0.717, 1.165) is 51.7 Å². The Morgan fingerprint density at radius 3 is 2.95 bits per heavy atom. The molecule has 2 aliphatic heterocycles. The molecule has 1 aromatic rings. The molecule has 3 heterocycles. The van der Waals surface area contributed by atoms with Crippen LogP contribution in [-0.2, 0) is 11.2 Å². The van der Waals surface area contributed by atoms with E-state index in [0.29, 0.717) is 30.3 Å². The molecule has 0 spiro atoms. The summed E-state index contributed by atoms with van der Waals surface area (Å²) in [6, 6.07) is 0.921. The fourth-order valence-electron chi connectivity index (χ4n) is 3.13. The second-order valence-electron chi connectivity index (χ2n) is 5.66. The standard InChI is InChI=1S/C14H22N4O2/c1-2-5-12-15-16-14(20-12)17-8-3-6-11(10-17)18-9-4-7-13(18)19/h11H,2-10H2,1H3/t11-/m0/s1. The molecule has 0 radical (unpaired) electrons. The summed E-state index contributed by atoms with van der Waals surface area (Å²) in [5.74, 6) is 1.01. The largest absolute Gasteiger partial charge is 0.408 e. The van der Waals surface area contributed by atoms with Crippen molar-refractivity contribution in [3.8, 4) is 0 Å². The van der Waals surface area contributed by atoms with Gasteiger partial charge in [-0.25, -0.2) is 0 Å². The Bertz CT molecular complexity index is 473. The Hall–Kier alpha value is -1.59. The van der Waals surface area contributed by atoms with Crippen molar-refractivity contribution in [2.45, 2.75) is 51.5 Å². The highest BCUT2D eigenvalue weighted by Crippen LogP contribution is 2.24. The Kier molecular flexibility index (Phi) is 3.89. The van der Waals surface area contributed by atoms with E-state index in [1.807, 2.05) is 4.90 Å². The molecule has 3 rings (SSSR count). The van der Waals surface area contributed by atoms with Crippen LogP contribution in [-0.4, -0.2) is 46.7 Å². The fourth-order valence-corrected chi connectivity index (χ4v) is 3.13. The third-order valence-corrected chi connectivity index (χ3v) is 4.14. The van der Waals surface area contributed by atoms with Crippen LogP contribution < -0.4 is 4.90 Å². The normalized spacial score (nSPS) is 23.6. The zero-order chi connectivity index (χ0) is 13.9. The number of amides is 1. The molecule has 6 heteroatoms. The van der Waals surface area contributed by atoms with Crippen LogP contribution in [0.4, 0.5) is 6.01 Å². The molecule has 6 nitrogen and oxygen atoms in total. The number of piperidine rings is 1. The van der Waals surface area contributed by atoms with Crippen LogP contribution in [0.3, 0.4) is 0 Å².